The molecule has 0 amide bonds. The molecule has 0 spiro atoms. The van der Waals surface area contributed by atoms with Crippen molar-refractivity contribution in [1.29, 1.82) is 0 Å². The standard InChI is InChI=1S/C15H12O2/c16-12-6-7-13-11(8-12)9-14(15(13)17)10-4-2-1-3-5-10/h1-8,14,16H,9H2/t14-/m1/s1. The molecular formula is C15H12O2. The average molecular weight is 224 g/mol. The van der Waals surface area contributed by atoms with Crippen molar-refractivity contribution in [1.82, 2.24) is 0 Å². The van der Waals surface area contributed by atoms with Crippen LogP contribution in [0.25, 0.3) is 0 Å². The minimum Gasteiger partial charge on any atom is -0.508 e. The summed E-state index contributed by atoms with van der Waals surface area (Å²) in [6.45, 7) is 0. The summed E-state index contributed by atoms with van der Waals surface area (Å²) in [6, 6.07) is 14.8. The van der Waals surface area contributed by atoms with Gasteiger partial charge in [-0.15, -0.1) is 0 Å². The number of benzene rings is 2. The molecule has 1 atom stereocenters. The molecule has 0 heterocycles. The smallest absolute Gasteiger partial charge is 0.170 e. The number of carbonyl (C=O) groups is 1. The third kappa shape index (κ3) is 1.62. The van der Waals surface area contributed by atoms with Crippen molar-refractivity contribution in [3.63, 3.8) is 0 Å². The maximum atomic E-state index is 12.2. The van der Waals surface area contributed by atoms with Crippen molar-refractivity contribution in [2.45, 2.75) is 12.3 Å². The number of phenolic OH excluding ortho intramolecular Hbond substituents is 1. The van der Waals surface area contributed by atoms with Crippen molar-refractivity contribution in [3.8, 4) is 5.75 Å². The third-order valence-electron chi connectivity index (χ3n) is 3.30. The Hall–Kier alpha value is -2.09. The van der Waals surface area contributed by atoms with E-state index in [1.165, 1.54) is 0 Å². The van der Waals surface area contributed by atoms with E-state index in [-0.39, 0.29) is 17.5 Å². The molecule has 0 fully saturated rings. The van der Waals surface area contributed by atoms with Gasteiger partial charge < -0.3 is 5.11 Å². The third-order valence-corrected chi connectivity index (χ3v) is 3.30. The molecule has 0 bridgehead atoms. The number of aromatic hydroxyl groups is 1. The second-order valence-electron chi connectivity index (χ2n) is 4.37. The maximum absolute atomic E-state index is 12.2. The Balaban J connectivity index is 2.02. The van der Waals surface area contributed by atoms with Gasteiger partial charge in [-0.05, 0) is 35.7 Å². The number of carbonyl (C=O) groups excluding carboxylic acids is 1. The topological polar surface area (TPSA) is 37.3 Å². The molecule has 2 nitrogen and oxygen atoms in total. The lowest BCUT2D eigenvalue weighted by Gasteiger charge is -2.07. The second-order valence-corrected chi connectivity index (χ2v) is 4.37. The van der Waals surface area contributed by atoms with E-state index < -0.39 is 0 Å². The van der Waals surface area contributed by atoms with Gasteiger partial charge in [-0.1, -0.05) is 30.3 Å². The number of phenols is 1. The zero-order chi connectivity index (χ0) is 11.8. The van der Waals surface area contributed by atoms with Crippen LogP contribution in [0.5, 0.6) is 5.75 Å². The summed E-state index contributed by atoms with van der Waals surface area (Å²) in [7, 11) is 0. The van der Waals surface area contributed by atoms with Gasteiger partial charge in [0.2, 0.25) is 0 Å². The minimum atomic E-state index is -0.0898. The molecule has 0 saturated heterocycles. The van der Waals surface area contributed by atoms with Gasteiger partial charge in [-0.2, -0.15) is 0 Å². The lowest BCUT2D eigenvalue weighted by Crippen LogP contribution is -2.06. The van der Waals surface area contributed by atoms with Crippen molar-refractivity contribution < 1.29 is 9.90 Å². The molecule has 1 aliphatic rings. The summed E-state index contributed by atoms with van der Waals surface area (Å²) in [6.07, 6.45) is 0.687. The van der Waals surface area contributed by atoms with Gasteiger partial charge in [-0.3, -0.25) is 4.79 Å². The molecule has 2 aromatic rings. The van der Waals surface area contributed by atoms with E-state index in [0.717, 1.165) is 16.7 Å². The highest BCUT2D eigenvalue weighted by Gasteiger charge is 2.31. The van der Waals surface area contributed by atoms with E-state index in [4.69, 9.17) is 0 Å². The quantitative estimate of drug-likeness (QED) is 0.808. The normalized spacial score (nSPS) is 18.1. The molecule has 0 unspecified atom stereocenters. The summed E-state index contributed by atoms with van der Waals surface area (Å²) in [5, 5.41) is 9.43. The van der Waals surface area contributed by atoms with Gasteiger partial charge in [0.1, 0.15) is 5.75 Å². The molecule has 3 rings (SSSR count). The molecule has 1 N–H and O–H groups in total. The van der Waals surface area contributed by atoms with Crippen LogP contribution in [0.4, 0.5) is 0 Å². The van der Waals surface area contributed by atoms with Gasteiger partial charge in [0.15, 0.2) is 5.78 Å². The summed E-state index contributed by atoms with van der Waals surface area (Å²) in [5.41, 5.74) is 2.74. The van der Waals surface area contributed by atoms with Crippen LogP contribution in [0.1, 0.15) is 27.4 Å². The predicted octanol–water partition coefficient (Wildman–Crippen LogP) is 2.91. The lowest BCUT2D eigenvalue weighted by molar-refractivity contribution is 0.0973. The first-order valence-electron chi connectivity index (χ1n) is 5.67. The molecule has 0 saturated carbocycles. The van der Waals surface area contributed by atoms with E-state index >= 15 is 0 Å². The Morgan fingerprint density at radius 2 is 1.82 bits per heavy atom. The van der Waals surface area contributed by atoms with E-state index in [2.05, 4.69) is 0 Å². The van der Waals surface area contributed by atoms with Crippen LogP contribution in [0.2, 0.25) is 0 Å². The number of Topliss-reactive ketones (excluding diaryl/α,β-unsaturated/α-hetero) is 1. The number of rotatable bonds is 1. The molecule has 2 aromatic carbocycles. The zero-order valence-electron chi connectivity index (χ0n) is 9.26. The predicted molar refractivity (Wildman–Crippen MR) is 65.3 cm³/mol. The lowest BCUT2D eigenvalue weighted by atomic mass is 9.95. The molecule has 2 heteroatoms. The number of hydrogen-bond acceptors (Lipinski definition) is 2. The first kappa shape index (κ1) is 10.1. The van der Waals surface area contributed by atoms with Crippen LogP contribution in [0.15, 0.2) is 48.5 Å². The van der Waals surface area contributed by atoms with E-state index in [9.17, 15) is 9.90 Å². The fourth-order valence-corrected chi connectivity index (χ4v) is 2.44. The number of ketones is 1. The Bertz CT molecular complexity index is 573. The molecule has 0 aromatic heterocycles. The van der Waals surface area contributed by atoms with Crippen LogP contribution in [0, 0.1) is 0 Å². The van der Waals surface area contributed by atoms with E-state index in [1.807, 2.05) is 30.3 Å². The van der Waals surface area contributed by atoms with Gasteiger partial charge >= 0.3 is 0 Å². The number of fused-ring (bicyclic) bond motifs is 1. The summed E-state index contributed by atoms with van der Waals surface area (Å²) in [5.74, 6) is 0.296. The van der Waals surface area contributed by atoms with Crippen LogP contribution < -0.4 is 0 Å². The fraction of sp³-hybridized carbons (Fsp3) is 0.133. The van der Waals surface area contributed by atoms with Gasteiger partial charge in [-0.25, -0.2) is 0 Å². The highest BCUT2D eigenvalue weighted by molar-refractivity contribution is 6.05. The SMILES string of the molecule is O=C1c2ccc(O)cc2C[C@@H]1c1ccccc1. The Labute approximate surface area is 99.5 Å². The largest absolute Gasteiger partial charge is 0.508 e. The molecule has 1 aliphatic carbocycles. The first-order valence-corrected chi connectivity index (χ1v) is 5.67. The minimum absolute atomic E-state index is 0.0898. The summed E-state index contributed by atoms with van der Waals surface area (Å²) in [4.78, 5) is 12.2. The van der Waals surface area contributed by atoms with E-state index in [1.54, 1.807) is 18.2 Å². The molecule has 0 aliphatic heterocycles. The fourth-order valence-electron chi connectivity index (χ4n) is 2.44. The molecule has 17 heavy (non-hydrogen) atoms. The summed E-state index contributed by atoms with van der Waals surface area (Å²) >= 11 is 0. The van der Waals surface area contributed by atoms with Crippen LogP contribution in [-0.2, 0) is 6.42 Å². The van der Waals surface area contributed by atoms with Crippen molar-refractivity contribution in [2.24, 2.45) is 0 Å². The zero-order valence-corrected chi connectivity index (χ0v) is 9.26. The van der Waals surface area contributed by atoms with Gasteiger partial charge in [0.25, 0.3) is 0 Å². The molecular weight excluding hydrogens is 212 g/mol. The first-order chi connectivity index (χ1) is 8.25. The van der Waals surface area contributed by atoms with Gasteiger partial charge in [0.05, 0.1) is 5.92 Å². The summed E-state index contributed by atoms with van der Waals surface area (Å²) < 4.78 is 0. The average Bonchev–Trinajstić information content (AvgIpc) is 2.67. The van der Waals surface area contributed by atoms with Gasteiger partial charge in [0, 0.05) is 5.56 Å². The van der Waals surface area contributed by atoms with E-state index in [0.29, 0.717) is 6.42 Å². The monoisotopic (exact) mass is 224 g/mol. The Morgan fingerprint density at radius 3 is 2.59 bits per heavy atom. The van der Waals surface area contributed by atoms with Crippen LogP contribution in [-0.4, -0.2) is 10.9 Å². The molecule has 0 radical (unpaired) electrons. The van der Waals surface area contributed by atoms with Crippen molar-refractivity contribution >= 4 is 5.78 Å². The highest BCUT2D eigenvalue weighted by atomic mass is 16.3. The Morgan fingerprint density at radius 1 is 1.06 bits per heavy atom. The number of hydrogen-bond donors (Lipinski definition) is 1. The Kier molecular flexibility index (Phi) is 2.22. The van der Waals surface area contributed by atoms with Crippen molar-refractivity contribution in [2.75, 3.05) is 0 Å². The van der Waals surface area contributed by atoms with Crippen LogP contribution >= 0.6 is 0 Å². The van der Waals surface area contributed by atoms with Crippen molar-refractivity contribution in [3.05, 3.63) is 65.2 Å². The maximum Gasteiger partial charge on any atom is 0.170 e. The highest BCUT2D eigenvalue weighted by Crippen LogP contribution is 2.35. The second kappa shape index (κ2) is 3.74. The molecule has 84 valence electrons. The van der Waals surface area contributed by atoms with Crippen LogP contribution in [0.3, 0.4) is 0 Å².